The van der Waals surface area contributed by atoms with Crippen LogP contribution >= 0.6 is 11.6 Å². The highest BCUT2D eigenvalue weighted by molar-refractivity contribution is 7.90. The van der Waals surface area contributed by atoms with Crippen LogP contribution in [-0.2, 0) is 16.9 Å². The molecule has 2 aromatic carbocycles. The first-order chi connectivity index (χ1) is 14.8. The van der Waals surface area contributed by atoms with Crippen molar-refractivity contribution >= 4 is 33.2 Å². The van der Waals surface area contributed by atoms with Crippen LogP contribution in [0.15, 0.2) is 35.2 Å². The molecule has 32 heavy (non-hydrogen) atoms. The van der Waals surface area contributed by atoms with Crippen LogP contribution in [-0.4, -0.2) is 36.2 Å². The van der Waals surface area contributed by atoms with Gasteiger partial charge in [-0.1, -0.05) is 11.6 Å². The Balaban J connectivity index is 2.09. The lowest BCUT2D eigenvalue weighted by Gasteiger charge is -2.15. The Kier molecular flexibility index (Phi) is 6.31. The largest absolute Gasteiger partial charge is 0.403 e. The summed E-state index contributed by atoms with van der Waals surface area (Å²) in [5.74, 6) is -1.05. The number of nitrogens with zero attached hydrogens (tertiary/aromatic N) is 2. The molecule has 0 saturated heterocycles. The van der Waals surface area contributed by atoms with Crippen LogP contribution in [0.4, 0.5) is 0 Å². The quantitative estimate of drug-likeness (QED) is 0.407. The number of ether oxygens (including phenoxy) is 1. The number of sulfone groups is 1. The molecule has 1 heterocycles. The van der Waals surface area contributed by atoms with Gasteiger partial charge in [0.2, 0.25) is 11.7 Å². The predicted molar refractivity (Wildman–Crippen MR) is 122 cm³/mol. The number of carbonyl (C=O) groups is 2. The Morgan fingerprint density at radius 2 is 1.62 bits per heavy atom. The van der Waals surface area contributed by atoms with Crippen molar-refractivity contribution in [2.75, 3.05) is 6.26 Å². The molecule has 9 heteroatoms. The summed E-state index contributed by atoms with van der Waals surface area (Å²) in [5.41, 5.74) is 2.65. The second kappa shape index (κ2) is 8.52. The molecule has 0 radical (unpaired) electrons. The molecule has 3 rings (SSSR count). The van der Waals surface area contributed by atoms with Crippen LogP contribution in [0.2, 0.25) is 5.02 Å². The summed E-state index contributed by atoms with van der Waals surface area (Å²) in [4.78, 5) is 26.4. The van der Waals surface area contributed by atoms with Crippen molar-refractivity contribution in [3.05, 3.63) is 74.4 Å². The standard InChI is InChI=1S/C23H23ClN2O5S/c1-12-11-18(13(2)14(3)21(12)32(6,29)30)20(27)19-15(4)25-26(5)22(19)31-23(28)16-7-9-17(24)10-8-16/h7-11H,1-6H3. The first kappa shape index (κ1) is 23.7. The molecule has 0 N–H and O–H groups in total. The molecule has 168 valence electrons. The third kappa shape index (κ3) is 4.33. The Morgan fingerprint density at radius 3 is 2.19 bits per heavy atom. The van der Waals surface area contributed by atoms with Gasteiger partial charge in [-0.15, -0.1) is 0 Å². The number of carbonyl (C=O) groups excluding carboxylic acids is 2. The fourth-order valence-corrected chi connectivity index (χ4v) is 5.23. The second-order valence-corrected chi connectivity index (χ2v) is 10.1. The summed E-state index contributed by atoms with van der Waals surface area (Å²) in [6.07, 6.45) is 1.14. The van der Waals surface area contributed by atoms with Crippen molar-refractivity contribution < 1.29 is 22.7 Å². The predicted octanol–water partition coefficient (Wildman–Crippen LogP) is 4.16. The minimum Gasteiger partial charge on any atom is -0.403 e. The lowest BCUT2D eigenvalue weighted by atomic mass is 9.94. The topological polar surface area (TPSA) is 95.3 Å². The molecule has 1 aromatic heterocycles. The van der Waals surface area contributed by atoms with Crippen molar-refractivity contribution in [1.29, 1.82) is 0 Å². The van der Waals surface area contributed by atoms with Gasteiger partial charge in [0.25, 0.3) is 0 Å². The second-order valence-electron chi connectivity index (χ2n) is 7.71. The van der Waals surface area contributed by atoms with E-state index >= 15 is 0 Å². The van der Waals surface area contributed by atoms with Gasteiger partial charge in [-0.25, -0.2) is 17.9 Å². The molecule has 0 bridgehead atoms. The molecule has 0 aliphatic rings. The van der Waals surface area contributed by atoms with E-state index in [1.54, 1.807) is 52.9 Å². The van der Waals surface area contributed by atoms with E-state index in [4.69, 9.17) is 16.3 Å². The fraction of sp³-hybridized carbons (Fsp3) is 0.261. The van der Waals surface area contributed by atoms with Gasteiger partial charge in [-0.3, -0.25) is 4.79 Å². The molecular formula is C23H23ClN2O5S. The zero-order valence-corrected chi connectivity index (χ0v) is 20.2. The molecule has 3 aromatic rings. The van der Waals surface area contributed by atoms with Crippen molar-refractivity contribution in [2.45, 2.75) is 32.6 Å². The Bertz CT molecular complexity index is 1360. The summed E-state index contributed by atoms with van der Waals surface area (Å²) in [7, 11) is -1.89. The maximum absolute atomic E-state index is 13.5. The van der Waals surface area contributed by atoms with Crippen molar-refractivity contribution in [3.8, 4) is 5.88 Å². The van der Waals surface area contributed by atoms with E-state index in [0.29, 0.717) is 33.0 Å². The van der Waals surface area contributed by atoms with E-state index in [1.165, 1.54) is 16.8 Å². The van der Waals surface area contributed by atoms with Gasteiger partial charge >= 0.3 is 5.97 Å². The first-order valence-corrected chi connectivity index (χ1v) is 12.0. The third-order valence-electron chi connectivity index (χ3n) is 5.31. The Morgan fingerprint density at radius 1 is 1.03 bits per heavy atom. The van der Waals surface area contributed by atoms with Crippen LogP contribution in [0.1, 0.15) is 48.7 Å². The Labute approximate surface area is 191 Å². The van der Waals surface area contributed by atoms with Crippen LogP contribution in [0.5, 0.6) is 5.88 Å². The van der Waals surface area contributed by atoms with Crippen LogP contribution < -0.4 is 4.74 Å². The molecule has 7 nitrogen and oxygen atoms in total. The van der Waals surface area contributed by atoms with E-state index < -0.39 is 21.6 Å². The van der Waals surface area contributed by atoms with Gasteiger partial charge in [0.1, 0.15) is 5.56 Å². The van der Waals surface area contributed by atoms with Crippen molar-refractivity contribution in [3.63, 3.8) is 0 Å². The number of aryl methyl sites for hydroxylation is 3. The fourth-order valence-electron chi connectivity index (χ4n) is 3.75. The van der Waals surface area contributed by atoms with Crippen LogP contribution in [0.3, 0.4) is 0 Å². The zero-order valence-electron chi connectivity index (χ0n) is 18.6. The number of rotatable bonds is 5. The normalized spacial score (nSPS) is 11.5. The van der Waals surface area contributed by atoms with Crippen LogP contribution in [0.25, 0.3) is 0 Å². The molecule has 0 aliphatic heterocycles. The summed E-state index contributed by atoms with van der Waals surface area (Å²) in [6, 6.07) is 7.73. The third-order valence-corrected chi connectivity index (χ3v) is 6.93. The van der Waals surface area contributed by atoms with Gasteiger partial charge in [0.05, 0.1) is 16.2 Å². The lowest BCUT2D eigenvalue weighted by Crippen LogP contribution is -2.15. The van der Waals surface area contributed by atoms with Crippen molar-refractivity contribution in [2.24, 2.45) is 7.05 Å². The molecule has 0 saturated carbocycles. The first-order valence-electron chi connectivity index (χ1n) is 9.69. The highest BCUT2D eigenvalue weighted by atomic mass is 35.5. The van der Waals surface area contributed by atoms with E-state index in [2.05, 4.69) is 5.10 Å². The van der Waals surface area contributed by atoms with Gasteiger partial charge in [-0.05, 0) is 74.7 Å². The molecule has 0 atom stereocenters. The summed E-state index contributed by atoms with van der Waals surface area (Å²) < 4.78 is 31.3. The smallest absolute Gasteiger partial charge is 0.344 e. The maximum atomic E-state index is 13.5. The number of esters is 1. The summed E-state index contributed by atoms with van der Waals surface area (Å²) in [6.45, 7) is 6.67. The molecule has 0 fully saturated rings. The molecule has 0 amide bonds. The minimum absolute atomic E-state index is 0.00865. The monoisotopic (exact) mass is 474 g/mol. The maximum Gasteiger partial charge on any atom is 0.344 e. The van der Waals surface area contributed by atoms with E-state index in [0.717, 1.165) is 6.26 Å². The average Bonchev–Trinajstić information content (AvgIpc) is 2.96. The SMILES string of the molecule is Cc1cc(C(=O)c2c(C)nn(C)c2OC(=O)c2ccc(Cl)cc2)c(C)c(C)c1S(C)(=O)=O. The van der Waals surface area contributed by atoms with Gasteiger partial charge in [-0.2, -0.15) is 5.10 Å². The molecule has 0 aliphatic carbocycles. The number of hydrogen-bond acceptors (Lipinski definition) is 6. The Hall–Kier alpha value is -2.97. The number of hydrogen-bond donors (Lipinski definition) is 0. The van der Waals surface area contributed by atoms with Crippen molar-refractivity contribution in [1.82, 2.24) is 9.78 Å². The zero-order chi connectivity index (χ0) is 24.0. The van der Waals surface area contributed by atoms with E-state index in [-0.39, 0.29) is 21.9 Å². The molecule has 0 unspecified atom stereocenters. The molecule has 0 spiro atoms. The number of halogens is 1. The van der Waals surface area contributed by atoms with E-state index in [9.17, 15) is 18.0 Å². The summed E-state index contributed by atoms with van der Waals surface area (Å²) >= 11 is 5.87. The van der Waals surface area contributed by atoms with Crippen LogP contribution in [0, 0.1) is 27.7 Å². The highest BCUT2D eigenvalue weighted by Crippen LogP contribution is 2.31. The molecular weight excluding hydrogens is 452 g/mol. The average molecular weight is 475 g/mol. The minimum atomic E-state index is -3.46. The highest BCUT2D eigenvalue weighted by Gasteiger charge is 2.28. The lowest BCUT2D eigenvalue weighted by molar-refractivity contribution is 0.0718. The number of aromatic nitrogens is 2. The van der Waals surface area contributed by atoms with Gasteiger partial charge in [0, 0.05) is 23.9 Å². The van der Waals surface area contributed by atoms with Gasteiger partial charge in [0.15, 0.2) is 9.84 Å². The van der Waals surface area contributed by atoms with Gasteiger partial charge < -0.3 is 4.74 Å². The number of ketones is 1. The summed E-state index contributed by atoms with van der Waals surface area (Å²) in [5, 5.41) is 4.73. The number of benzene rings is 2. The van der Waals surface area contributed by atoms with E-state index in [1.807, 2.05) is 0 Å².